The summed E-state index contributed by atoms with van der Waals surface area (Å²) in [5, 5.41) is 23.9. The third-order valence-corrected chi connectivity index (χ3v) is 15.0. The minimum absolute atomic E-state index is 0.0495. The summed E-state index contributed by atoms with van der Waals surface area (Å²) >= 11 is 6.54. The summed E-state index contributed by atoms with van der Waals surface area (Å²) in [6, 6.07) is 23.8. The van der Waals surface area contributed by atoms with Crippen molar-refractivity contribution in [3.05, 3.63) is 113 Å². The van der Waals surface area contributed by atoms with Crippen LogP contribution in [0.15, 0.2) is 94.2 Å². The Morgan fingerprint density at radius 3 is 2.22 bits per heavy atom. The van der Waals surface area contributed by atoms with Gasteiger partial charge in [-0.1, -0.05) is 116 Å². The highest BCUT2D eigenvalue weighted by Gasteiger charge is 2.41. The molecule has 1 unspecified atom stereocenters. The maximum absolute atomic E-state index is 14.5. The van der Waals surface area contributed by atoms with Crippen LogP contribution in [0.25, 0.3) is 33.5 Å². The van der Waals surface area contributed by atoms with Crippen molar-refractivity contribution in [3.8, 4) is 11.8 Å². The molecule has 4 N–H and O–H groups in total. The van der Waals surface area contributed by atoms with E-state index in [1.54, 1.807) is 57.2 Å². The number of rotatable bonds is 15. The number of sulfonamides is 2. The second-order valence-corrected chi connectivity index (χ2v) is 25.5. The summed E-state index contributed by atoms with van der Waals surface area (Å²) < 4.78 is 68.7. The molecule has 1 aliphatic carbocycles. The number of hydrogen-bond donors (Lipinski definition) is 4. The van der Waals surface area contributed by atoms with Crippen LogP contribution in [-0.4, -0.2) is 63.1 Å². The Morgan fingerprint density at radius 2 is 1.59 bits per heavy atom. The topological polar surface area (TPSA) is 238 Å². The number of carbonyl (C=O) groups excluding carboxylic acids is 3. The smallest absolute Gasteiger partial charge is 0.415 e. The van der Waals surface area contributed by atoms with E-state index >= 15 is 0 Å². The molecule has 1 fully saturated rings. The normalized spacial score (nSPS) is 14.4. The predicted octanol–water partition coefficient (Wildman–Crippen LogP) is 12.1. The molecule has 16 nitrogen and oxygen atoms in total. The minimum atomic E-state index is -4.53. The molecule has 0 radical (unpaired) electrons. The number of phenolic OH excluding ortho intramolecular Hbond substituents is 1. The number of fused-ring (bicyclic) bond motifs is 2. The van der Waals surface area contributed by atoms with E-state index in [-0.39, 0.29) is 61.2 Å². The molecule has 0 spiro atoms. The van der Waals surface area contributed by atoms with Crippen LogP contribution in [0.4, 0.5) is 27.5 Å². The third kappa shape index (κ3) is 12.5. The molecule has 1 aliphatic rings. The Labute approximate surface area is 437 Å². The molecule has 1 atom stereocenters. The van der Waals surface area contributed by atoms with Crippen molar-refractivity contribution in [1.82, 2.24) is 4.98 Å². The summed E-state index contributed by atoms with van der Waals surface area (Å²) in [6.07, 6.45) is 3.47. The number of halogens is 1. The molecule has 2 amide bonds. The maximum atomic E-state index is 14.5. The Bertz CT molecular complexity index is 3510. The van der Waals surface area contributed by atoms with Crippen molar-refractivity contribution in [2.75, 3.05) is 25.9 Å². The number of nitrogens with one attached hydrogen (secondary N) is 3. The fourth-order valence-corrected chi connectivity index (χ4v) is 11.5. The Hall–Kier alpha value is -6.94. The van der Waals surface area contributed by atoms with Crippen molar-refractivity contribution in [2.24, 2.45) is 10.8 Å². The second-order valence-electron chi connectivity index (χ2n) is 21.7. The predicted molar refractivity (Wildman–Crippen MR) is 290 cm³/mol. The first-order valence-electron chi connectivity index (χ1n) is 24.0. The van der Waals surface area contributed by atoms with Crippen LogP contribution in [0, 0.1) is 29.1 Å². The van der Waals surface area contributed by atoms with E-state index in [0.29, 0.717) is 40.8 Å². The fourth-order valence-electron chi connectivity index (χ4n) is 9.50. The van der Waals surface area contributed by atoms with Crippen molar-refractivity contribution >= 4 is 106 Å². The van der Waals surface area contributed by atoms with Gasteiger partial charge in [0.25, 0.3) is 15.9 Å². The Kier molecular flexibility index (Phi) is 15.4. The molecule has 1 saturated carbocycles. The van der Waals surface area contributed by atoms with E-state index in [1.165, 1.54) is 35.2 Å². The third-order valence-electron chi connectivity index (χ3n) is 12.7. The zero-order chi connectivity index (χ0) is 54.3. The van der Waals surface area contributed by atoms with Gasteiger partial charge in [-0.2, -0.15) is 5.26 Å². The van der Waals surface area contributed by atoms with E-state index in [0.717, 1.165) is 37.1 Å². The molecule has 0 aliphatic heterocycles. The summed E-state index contributed by atoms with van der Waals surface area (Å²) in [6.45, 7) is 17.6. The molecule has 0 bridgehead atoms. The maximum Gasteiger partial charge on any atom is 0.415 e. The second kappa shape index (κ2) is 20.8. The summed E-state index contributed by atoms with van der Waals surface area (Å²) in [4.78, 5) is 48.6. The molecule has 5 aromatic carbocycles. The van der Waals surface area contributed by atoms with Gasteiger partial charge in [-0.3, -0.25) is 23.9 Å². The zero-order valence-corrected chi connectivity index (χ0v) is 45.4. The van der Waals surface area contributed by atoms with Crippen LogP contribution in [0.1, 0.15) is 110 Å². The summed E-state index contributed by atoms with van der Waals surface area (Å²) in [5.41, 5.74) is 2.64. The number of ether oxygens (including phenoxy) is 1. The number of carbonyl (C=O) groups is 3. The number of benzene rings is 5. The number of ketones is 1. The molecular weight excluding hydrogens is 1000 g/mol. The van der Waals surface area contributed by atoms with Gasteiger partial charge in [0, 0.05) is 34.0 Å². The molecule has 1 heterocycles. The first-order valence-corrected chi connectivity index (χ1v) is 27.7. The lowest BCUT2D eigenvalue weighted by Crippen LogP contribution is -2.48. The van der Waals surface area contributed by atoms with Gasteiger partial charge in [-0.25, -0.2) is 26.6 Å². The van der Waals surface area contributed by atoms with Crippen molar-refractivity contribution in [2.45, 2.75) is 117 Å². The minimum Gasteiger partial charge on any atom is -0.506 e. The Balaban J connectivity index is 1.14. The highest BCUT2D eigenvalue weighted by Crippen LogP contribution is 2.41. The number of aryl methyl sites for hydroxylation is 1. The quantitative estimate of drug-likeness (QED) is 0.0427. The van der Waals surface area contributed by atoms with E-state index in [2.05, 4.69) is 55.4 Å². The van der Waals surface area contributed by atoms with Gasteiger partial charge in [0.1, 0.15) is 22.9 Å². The average molecular weight is 1070 g/mol. The monoisotopic (exact) mass is 1060 g/mol. The van der Waals surface area contributed by atoms with Gasteiger partial charge in [0.15, 0.2) is 11.4 Å². The van der Waals surface area contributed by atoms with E-state index in [1.807, 2.05) is 25.1 Å². The van der Waals surface area contributed by atoms with Crippen LogP contribution >= 0.6 is 11.6 Å². The molecule has 6 aromatic rings. The first-order chi connectivity index (χ1) is 34.4. The number of aromatic nitrogens is 1. The van der Waals surface area contributed by atoms with Crippen LogP contribution in [0.5, 0.6) is 5.75 Å². The largest absolute Gasteiger partial charge is 0.506 e. The van der Waals surface area contributed by atoms with Crippen LogP contribution in [0.3, 0.4) is 0 Å². The molecule has 74 heavy (non-hydrogen) atoms. The number of allylic oxidation sites excluding steroid dienone is 1. The molecular formula is C55H61ClN6O10S2. The first kappa shape index (κ1) is 54.8. The molecule has 390 valence electrons. The molecule has 19 heteroatoms. The van der Waals surface area contributed by atoms with Crippen molar-refractivity contribution in [1.29, 1.82) is 5.26 Å². The lowest BCUT2D eigenvalue weighted by Gasteiger charge is -2.32. The number of oxazole rings is 1. The zero-order valence-electron chi connectivity index (χ0n) is 43.0. The SMILES string of the molecule is Cc1cc(N(C(=O)OC(C(=O)Nc2cc(NS(=O)(=O)c3cc(O)c(NS(C)(=O)=O)c4ccccc34)ccc2Cl)C(=O)C(C)(C)C)C2CCCC2)ccc1C=C(C#N)c1nc2cc(C(C)(C)CC(C)(C)C)ccc2o1. The van der Waals surface area contributed by atoms with Gasteiger partial charge in [-0.15, -0.1) is 0 Å². The van der Waals surface area contributed by atoms with Crippen LogP contribution in [-0.2, 0) is 39.8 Å². The Morgan fingerprint density at radius 1 is 0.919 bits per heavy atom. The van der Waals surface area contributed by atoms with E-state index < -0.39 is 60.0 Å². The van der Waals surface area contributed by atoms with Crippen LogP contribution in [0.2, 0.25) is 5.02 Å². The van der Waals surface area contributed by atoms with E-state index in [9.17, 15) is 41.6 Å². The van der Waals surface area contributed by atoms with E-state index in [4.69, 9.17) is 25.7 Å². The number of aromatic hydroxyl groups is 1. The summed E-state index contributed by atoms with van der Waals surface area (Å²) in [7, 11) is -8.39. The number of Topliss-reactive ketones (excluding diaryl/α,β-unsaturated/α-hetero) is 1. The van der Waals surface area contributed by atoms with Gasteiger partial charge < -0.3 is 19.6 Å². The standard InChI is InChI=1S/C55H61ClN6O10S2/c1-32-25-38(22-19-33(32)26-34(30-57)51-59-43-27-35(20-24-45(43)71-51)55(8,9)31-53(2,3)4)62(37-15-11-12-16-37)52(66)72-48(49(64)54(5,6)7)50(65)58-42-28-36(21-23-41(42)56)60-74(69,70)46-29-44(63)47(61-73(10,67)68)40-18-14-13-17-39(40)46/h13-14,17-29,37,48,60-61,63H,11-12,15-16,31H2,1-10H3,(H,58,65). The number of anilines is 4. The number of hydrogen-bond acceptors (Lipinski definition) is 12. The highest BCUT2D eigenvalue weighted by molar-refractivity contribution is 7.93. The number of phenols is 1. The van der Waals surface area contributed by atoms with Crippen molar-refractivity contribution in [3.63, 3.8) is 0 Å². The fraction of sp³-hybridized carbons (Fsp3) is 0.364. The molecule has 1 aromatic heterocycles. The highest BCUT2D eigenvalue weighted by atomic mass is 35.5. The lowest BCUT2D eigenvalue weighted by molar-refractivity contribution is -0.142. The van der Waals surface area contributed by atoms with Gasteiger partial charge in [-0.05, 0) is 102 Å². The van der Waals surface area contributed by atoms with Crippen molar-refractivity contribution < 1.29 is 45.5 Å². The summed E-state index contributed by atoms with van der Waals surface area (Å²) in [5.74, 6) is -2.27. The average Bonchev–Trinajstić information content (AvgIpc) is 3.99. The lowest BCUT2D eigenvalue weighted by atomic mass is 9.72. The van der Waals surface area contributed by atoms with Crippen LogP contribution < -0.4 is 19.7 Å². The number of nitrogens with zero attached hydrogens (tertiary/aromatic N) is 3. The molecule has 7 rings (SSSR count). The van der Waals surface area contributed by atoms with Gasteiger partial charge in [0.05, 0.1) is 33.2 Å². The molecule has 0 saturated heterocycles. The number of amides is 2. The van der Waals surface area contributed by atoms with Gasteiger partial charge in [0.2, 0.25) is 22.0 Å². The number of nitriles is 1. The van der Waals surface area contributed by atoms with Gasteiger partial charge >= 0.3 is 6.09 Å².